The van der Waals surface area contributed by atoms with Gasteiger partial charge in [-0.25, -0.2) is 4.39 Å². The lowest BCUT2D eigenvalue weighted by Gasteiger charge is -2.13. The number of aliphatic hydroxyl groups excluding tert-OH is 1. The molecule has 94 valence electrons. The molecule has 18 heavy (non-hydrogen) atoms. The highest BCUT2D eigenvalue weighted by Crippen LogP contribution is 2.32. The van der Waals surface area contributed by atoms with Gasteiger partial charge < -0.3 is 9.84 Å². The molecule has 1 atom stereocenters. The van der Waals surface area contributed by atoms with Gasteiger partial charge in [0, 0.05) is 10.0 Å². The third-order valence-electron chi connectivity index (χ3n) is 2.48. The van der Waals surface area contributed by atoms with Crippen LogP contribution >= 0.6 is 15.9 Å². The van der Waals surface area contributed by atoms with Crippen molar-refractivity contribution < 1.29 is 14.2 Å². The molecule has 0 unspecified atom stereocenters. The molecule has 2 aromatic rings. The molecule has 0 aliphatic carbocycles. The molecule has 0 saturated heterocycles. The Morgan fingerprint density at radius 1 is 1.17 bits per heavy atom. The van der Waals surface area contributed by atoms with E-state index in [2.05, 4.69) is 15.9 Å². The third-order valence-corrected chi connectivity index (χ3v) is 3.01. The van der Waals surface area contributed by atoms with E-state index in [1.54, 1.807) is 43.3 Å². The standard InChI is InChI=1S/C14H12BrFO2/c1-9(17)12-3-2-4-13(16)14(12)18-11-7-5-10(15)6-8-11/h2-9,17H,1H3/t9-/m1/s1. The van der Waals surface area contributed by atoms with Crippen LogP contribution in [-0.4, -0.2) is 5.11 Å². The van der Waals surface area contributed by atoms with Gasteiger partial charge in [0.1, 0.15) is 5.75 Å². The smallest absolute Gasteiger partial charge is 0.168 e. The molecular weight excluding hydrogens is 299 g/mol. The van der Waals surface area contributed by atoms with Gasteiger partial charge in [-0.1, -0.05) is 28.1 Å². The second-order valence-electron chi connectivity index (χ2n) is 3.89. The first-order valence-electron chi connectivity index (χ1n) is 5.48. The highest BCUT2D eigenvalue weighted by atomic mass is 79.9. The molecule has 2 nitrogen and oxygen atoms in total. The van der Waals surface area contributed by atoms with Crippen LogP contribution in [-0.2, 0) is 0 Å². The Hall–Kier alpha value is -1.39. The first-order valence-corrected chi connectivity index (χ1v) is 6.27. The Morgan fingerprint density at radius 3 is 2.44 bits per heavy atom. The fourth-order valence-electron chi connectivity index (χ4n) is 1.58. The molecule has 0 fully saturated rings. The number of halogens is 2. The van der Waals surface area contributed by atoms with Crippen LogP contribution in [0.3, 0.4) is 0 Å². The summed E-state index contributed by atoms with van der Waals surface area (Å²) in [5.41, 5.74) is 0.429. The lowest BCUT2D eigenvalue weighted by molar-refractivity contribution is 0.194. The van der Waals surface area contributed by atoms with E-state index in [1.807, 2.05) is 0 Å². The number of benzene rings is 2. The summed E-state index contributed by atoms with van der Waals surface area (Å²) >= 11 is 3.31. The normalized spacial score (nSPS) is 12.2. The maximum Gasteiger partial charge on any atom is 0.168 e. The molecule has 0 heterocycles. The average molecular weight is 311 g/mol. The van der Waals surface area contributed by atoms with Crippen LogP contribution in [0.15, 0.2) is 46.9 Å². The largest absolute Gasteiger partial charge is 0.454 e. The van der Waals surface area contributed by atoms with E-state index in [4.69, 9.17) is 4.74 Å². The van der Waals surface area contributed by atoms with Gasteiger partial charge >= 0.3 is 0 Å². The van der Waals surface area contributed by atoms with Gasteiger partial charge in [-0.2, -0.15) is 0 Å². The second-order valence-corrected chi connectivity index (χ2v) is 4.81. The molecule has 0 amide bonds. The minimum Gasteiger partial charge on any atom is -0.454 e. The number of rotatable bonds is 3. The molecule has 2 rings (SSSR count). The first kappa shape index (κ1) is 13.1. The Kier molecular flexibility index (Phi) is 3.99. The third kappa shape index (κ3) is 2.89. The van der Waals surface area contributed by atoms with Gasteiger partial charge in [-0.3, -0.25) is 0 Å². The molecule has 0 aliphatic heterocycles. The number of hydrogen-bond acceptors (Lipinski definition) is 2. The van der Waals surface area contributed by atoms with E-state index in [0.717, 1.165) is 4.47 Å². The molecule has 4 heteroatoms. The zero-order valence-electron chi connectivity index (χ0n) is 9.73. The van der Waals surface area contributed by atoms with Gasteiger partial charge in [0.25, 0.3) is 0 Å². The van der Waals surface area contributed by atoms with Crippen molar-refractivity contribution >= 4 is 15.9 Å². The average Bonchev–Trinajstić information content (AvgIpc) is 2.34. The highest BCUT2D eigenvalue weighted by Gasteiger charge is 2.14. The summed E-state index contributed by atoms with van der Waals surface area (Å²) in [4.78, 5) is 0. The fourth-order valence-corrected chi connectivity index (χ4v) is 1.85. The van der Waals surface area contributed by atoms with E-state index in [1.165, 1.54) is 6.07 Å². The number of aliphatic hydroxyl groups is 1. The van der Waals surface area contributed by atoms with E-state index in [9.17, 15) is 9.50 Å². The monoisotopic (exact) mass is 310 g/mol. The quantitative estimate of drug-likeness (QED) is 0.908. The molecule has 0 spiro atoms. The molecule has 0 saturated carbocycles. The summed E-state index contributed by atoms with van der Waals surface area (Å²) in [7, 11) is 0. The van der Waals surface area contributed by atoms with Crippen molar-refractivity contribution in [3.05, 3.63) is 58.3 Å². The summed E-state index contributed by atoms with van der Waals surface area (Å²) in [5, 5.41) is 9.60. The van der Waals surface area contributed by atoms with Crippen molar-refractivity contribution in [2.75, 3.05) is 0 Å². The van der Waals surface area contributed by atoms with Gasteiger partial charge in [0.2, 0.25) is 0 Å². The summed E-state index contributed by atoms with van der Waals surface area (Å²) in [6, 6.07) is 11.6. The molecule has 2 aromatic carbocycles. The zero-order chi connectivity index (χ0) is 13.1. The van der Waals surface area contributed by atoms with Crippen LogP contribution in [0.4, 0.5) is 4.39 Å². The van der Waals surface area contributed by atoms with Crippen molar-refractivity contribution in [1.29, 1.82) is 0 Å². The highest BCUT2D eigenvalue weighted by molar-refractivity contribution is 9.10. The Labute approximate surface area is 113 Å². The van der Waals surface area contributed by atoms with Gasteiger partial charge in [-0.05, 0) is 37.3 Å². The molecular formula is C14H12BrFO2. The Bertz CT molecular complexity index is 538. The van der Waals surface area contributed by atoms with E-state index < -0.39 is 11.9 Å². The van der Waals surface area contributed by atoms with Crippen molar-refractivity contribution in [3.63, 3.8) is 0 Å². The predicted octanol–water partition coefficient (Wildman–Crippen LogP) is 4.43. The summed E-state index contributed by atoms with van der Waals surface area (Å²) in [5.74, 6) is 0.0938. The number of hydrogen-bond donors (Lipinski definition) is 1. The first-order chi connectivity index (χ1) is 8.58. The van der Waals surface area contributed by atoms with E-state index in [0.29, 0.717) is 11.3 Å². The Balaban J connectivity index is 2.36. The van der Waals surface area contributed by atoms with Crippen molar-refractivity contribution in [2.45, 2.75) is 13.0 Å². The molecule has 0 aromatic heterocycles. The van der Waals surface area contributed by atoms with Gasteiger partial charge in [0.05, 0.1) is 6.10 Å². The van der Waals surface area contributed by atoms with E-state index >= 15 is 0 Å². The summed E-state index contributed by atoms with van der Waals surface area (Å²) in [6.45, 7) is 1.57. The van der Waals surface area contributed by atoms with Crippen molar-refractivity contribution in [2.24, 2.45) is 0 Å². The molecule has 0 bridgehead atoms. The maximum atomic E-state index is 13.7. The van der Waals surface area contributed by atoms with Crippen LogP contribution < -0.4 is 4.74 Å². The summed E-state index contributed by atoms with van der Waals surface area (Å²) < 4.78 is 20.1. The van der Waals surface area contributed by atoms with Crippen LogP contribution in [0.25, 0.3) is 0 Å². The lowest BCUT2D eigenvalue weighted by atomic mass is 10.1. The van der Waals surface area contributed by atoms with Gasteiger partial charge in [0.15, 0.2) is 11.6 Å². The minimum absolute atomic E-state index is 0.0647. The fraction of sp³-hybridized carbons (Fsp3) is 0.143. The second kappa shape index (κ2) is 5.50. The minimum atomic E-state index is -0.786. The van der Waals surface area contributed by atoms with Crippen LogP contribution in [0.5, 0.6) is 11.5 Å². The maximum absolute atomic E-state index is 13.7. The predicted molar refractivity (Wildman–Crippen MR) is 71.2 cm³/mol. The summed E-state index contributed by atoms with van der Waals surface area (Å²) in [6.07, 6.45) is -0.786. The zero-order valence-corrected chi connectivity index (χ0v) is 11.3. The SMILES string of the molecule is C[C@@H](O)c1cccc(F)c1Oc1ccc(Br)cc1. The molecule has 0 aliphatic rings. The van der Waals surface area contributed by atoms with E-state index in [-0.39, 0.29) is 5.75 Å². The van der Waals surface area contributed by atoms with Crippen LogP contribution in [0.2, 0.25) is 0 Å². The van der Waals surface area contributed by atoms with Crippen molar-refractivity contribution in [3.8, 4) is 11.5 Å². The van der Waals surface area contributed by atoms with Crippen molar-refractivity contribution in [1.82, 2.24) is 0 Å². The number of ether oxygens (including phenoxy) is 1. The number of para-hydroxylation sites is 1. The molecule has 0 radical (unpaired) electrons. The van der Waals surface area contributed by atoms with Crippen LogP contribution in [0.1, 0.15) is 18.6 Å². The Morgan fingerprint density at radius 2 is 1.83 bits per heavy atom. The van der Waals surface area contributed by atoms with Crippen LogP contribution in [0, 0.1) is 5.82 Å². The van der Waals surface area contributed by atoms with Gasteiger partial charge in [-0.15, -0.1) is 0 Å². The molecule has 1 N–H and O–H groups in total. The lowest BCUT2D eigenvalue weighted by Crippen LogP contribution is -1.98. The topological polar surface area (TPSA) is 29.5 Å².